The first kappa shape index (κ1) is 14.5. The highest BCUT2D eigenvalue weighted by atomic mass is 19.3. The SMILES string of the molecule is OC(Cc1ccccc1)Cc1ccc(OC(F)F)cc1. The molecule has 1 atom stereocenters. The molecule has 0 spiro atoms. The lowest BCUT2D eigenvalue weighted by Crippen LogP contribution is -2.13. The van der Waals surface area contributed by atoms with E-state index in [0.717, 1.165) is 11.1 Å². The lowest BCUT2D eigenvalue weighted by Gasteiger charge is -2.11. The van der Waals surface area contributed by atoms with Crippen LogP contribution in [-0.4, -0.2) is 17.8 Å². The Balaban J connectivity index is 1.89. The van der Waals surface area contributed by atoms with Crippen molar-refractivity contribution in [2.45, 2.75) is 25.6 Å². The van der Waals surface area contributed by atoms with Crippen LogP contribution in [-0.2, 0) is 12.8 Å². The van der Waals surface area contributed by atoms with Gasteiger partial charge in [-0.3, -0.25) is 0 Å². The number of alkyl halides is 2. The van der Waals surface area contributed by atoms with E-state index in [4.69, 9.17) is 0 Å². The van der Waals surface area contributed by atoms with Gasteiger partial charge in [0.15, 0.2) is 0 Å². The molecule has 4 heteroatoms. The standard InChI is InChI=1S/C16H16F2O2/c17-16(18)20-15-8-6-13(7-9-15)11-14(19)10-12-4-2-1-3-5-12/h1-9,14,16,19H,10-11H2. The van der Waals surface area contributed by atoms with Crippen molar-refractivity contribution in [3.05, 3.63) is 65.7 Å². The van der Waals surface area contributed by atoms with Crippen LogP contribution in [0.3, 0.4) is 0 Å². The molecule has 0 aliphatic carbocycles. The second-order valence-electron chi connectivity index (χ2n) is 4.57. The van der Waals surface area contributed by atoms with Crippen molar-refractivity contribution in [2.75, 3.05) is 0 Å². The molecule has 0 saturated carbocycles. The molecule has 0 aliphatic heterocycles. The van der Waals surface area contributed by atoms with Crippen LogP contribution in [0.4, 0.5) is 8.78 Å². The smallest absolute Gasteiger partial charge is 0.387 e. The zero-order valence-corrected chi connectivity index (χ0v) is 10.9. The van der Waals surface area contributed by atoms with Gasteiger partial charge in [-0.1, -0.05) is 42.5 Å². The molecule has 106 valence electrons. The fourth-order valence-corrected chi connectivity index (χ4v) is 2.04. The van der Waals surface area contributed by atoms with Gasteiger partial charge in [-0.15, -0.1) is 0 Å². The molecular weight excluding hydrogens is 262 g/mol. The van der Waals surface area contributed by atoms with E-state index in [-0.39, 0.29) is 5.75 Å². The minimum absolute atomic E-state index is 0.126. The van der Waals surface area contributed by atoms with E-state index in [2.05, 4.69) is 4.74 Å². The summed E-state index contributed by atoms with van der Waals surface area (Å²) in [4.78, 5) is 0. The van der Waals surface area contributed by atoms with Crippen LogP contribution in [0, 0.1) is 0 Å². The van der Waals surface area contributed by atoms with Crippen LogP contribution >= 0.6 is 0 Å². The Morgan fingerprint density at radius 3 is 1.95 bits per heavy atom. The molecule has 2 nitrogen and oxygen atoms in total. The molecule has 0 saturated heterocycles. The molecule has 2 aromatic carbocycles. The average Bonchev–Trinajstić information content (AvgIpc) is 2.41. The van der Waals surface area contributed by atoms with Gasteiger partial charge in [0.05, 0.1) is 6.10 Å². The van der Waals surface area contributed by atoms with Gasteiger partial charge in [-0.05, 0) is 36.1 Å². The van der Waals surface area contributed by atoms with Gasteiger partial charge in [0, 0.05) is 0 Å². The zero-order valence-electron chi connectivity index (χ0n) is 10.9. The van der Waals surface area contributed by atoms with E-state index in [1.165, 1.54) is 12.1 Å². The molecule has 2 aromatic rings. The summed E-state index contributed by atoms with van der Waals surface area (Å²) in [6.07, 6.45) is 0.541. The third-order valence-electron chi connectivity index (χ3n) is 2.93. The summed E-state index contributed by atoms with van der Waals surface area (Å²) in [6.45, 7) is -2.82. The molecule has 0 radical (unpaired) electrons. The predicted molar refractivity (Wildman–Crippen MR) is 72.9 cm³/mol. The molecule has 20 heavy (non-hydrogen) atoms. The Morgan fingerprint density at radius 1 is 0.850 bits per heavy atom. The van der Waals surface area contributed by atoms with E-state index in [1.54, 1.807) is 12.1 Å². The minimum Gasteiger partial charge on any atom is -0.435 e. The van der Waals surface area contributed by atoms with Crippen LogP contribution < -0.4 is 4.74 Å². The van der Waals surface area contributed by atoms with Crippen molar-refractivity contribution in [3.8, 4) is 5.75 Å². The molecule has 1 unspecified atom stereocenters. The Hall–Kier alpha value is -1.94. The Labute approximate surface area is 116 Å². The number of hydrogen-bond donors (Lipinski definition) is 1. The number of ether oxygens (including phenoxy) is 1. The number of aliphatic hydroxyl groups excluding tert-OH is 1. The number of rotatable bonds is 6. The van der Waals surface area contributed by atoms with Gasteiger partial charge in [0.1, 0.15) is 5.75 Å². The van der Waals surface area contributed by atoms with Crippen molar-refractivity contribution in [3.63, 3.8) is 0 Å². The predicted octanol–water partition coefficient (Wildman–Crippen LogP) is 3.43. The molecule has 0 amide bonds. The summed E-state index contributed by atoms with van der Waals surface area (Å²) in [6, 6.07) is 16.0. The fraction of sp³-hybridized carbons (Fsp3) is 0.250. The molecule has 0 fully saturated rings. The maximum atomic E-state index is 12.0. The normalized spacial score (nSPS) is 12.4. The molecule has 1 N–H and O–H groups in total. The third kappa shape index (κ3) is 4.63. The van der Waals surface area contributed by atoms with Gasteiger partial charge in [-0.2, -0.15) is 8.78 Å². The van der Waals surface area contributed by atoms with Crippen LogP contribution in [0.25, 0.3) is 0 Å². The highest BCUT2D eigenvalue weighted by molar-refractivity contribution is 5.28. The molecule has 0 aliphatic rings. The van der Waals surface area contributed by atoms with Crippen molar-refractivity contribution < 1.29 is 18.6 Å². The number of hydrogen-bond acceptors (Lipinski definition) is 2. The topological polar surface area (TPSA) is 29.5 Å². The van der Waals surface area contributed by atoms with Crippen LogP contribution in [0.15, 0.2) is 54.6 Å². The van der Waals surface area contributed by atoms with Crippen LogP contribution in [0.5, 0.6) is 5.75 Å². The second kappa shape index (κ2) is 7.01. The molecule has 0 bridgehead atoms. The Kier molecular flexibility index (Phi) is 5.07. The highest BCUT2D eigenvalue weighted by Gasteiger charge is 2.08. The summed E-state index contributed by atoms with van der Waals surface area (Å²) in [5.41, 5.74) is 1.95. The van der Waals surface area contributed by atoms with Crippen LogP contribution in [0.2, 0.25) is 0 Å². The first-order valence-corrected chi connectivity index (χ1v) is 6.39. The molecule has 2 rings (SSSR count). The van der Waals surface area contributed by atoms with E-state index >= 15 is 0 Å². The van der Waals surface area contributed by atoms with Crippen molar-refractivity contribution >= 4 is 0 Å². The maximum absolute atomic E-state index is 12.0. The van der Waals surface area contributed by atoms with Crippen molar-refractivity contribution in [1.29, 1.82) is 0 Å². The summed E-state index contributed by atoms with van der Waals surface area (Å²) < 4.78 is 28.3. The quantitative estimate of drug-likeness (QED) is 0.877. The largest absolute Gasteiger partial charge is 0.435 e. The fourth-order valence-electron chi connectivity index (χ4n) is 2.04. The molecular formula is C16H16F2O2. The van der Waals surface area contributed by atoms with Gasteiger partial charge in [0.25, 0.3) is 0 Å². The first-order chi connectivity index (χ1) is 9.63. The van der Waals surface area contributed by atoms with E-state index in [0.29, 0.717) is 12.8 Å². The van der Waals surface area contributed by atoms with Gasteiger partial charge >= 0.3 is 6.61 Å². The molecule has 0 heterocycles. The zero-order chi connectivity index (χ0) is 14.4. The summed E-state index contributed by atoms with van der Waals surface area (Å²) in [7, 11) is 0. The minimum atomic E-state index is -2.82. The van der Waals surface area contributed by atoms with Crippen LogP contribution in [0.1, 0.15) is 11.1 Å². The summed E-state index contributed by atoms with van der Waals surface area (Å²) in [5.74, 6) is 0.126. The lowest BCUT2D eigenvalue weighted by molar-refractivity contribution is -0.0498. The summed E-state index contributed by atoms with van der Waals surface area (Å²) in [5, 5.41) is 10.0. The third-order valence-corrected chi connectivity index (χ3v) is 2.93. The van der Waals surface area contributed by atoms with Crippen molar-refractivity contribution in [2.24, 2.45) is 0 Å². The van der Waals surface area contributed by atoms with Crippen molar-refractivity contribution in [1.82, 2.24) is 0 Å². The first-order valence-electron chi connectivity index (χ1n) is 6.39. The monoisotopic (exact) mass is 278 g/mol. The van der Waals surface area contributed by atoms with E-state index in [9.17, 15) is 13.9 Å². The van der Waals surface area contributed by atoms with E-state index < -0.39 is 12.7 Å². The van der Waals surface area contributed by atoms with Gasteiger partial charge in [0.2, 0.25) is 0 Å². The number of aliphatic hydroxyl groups is 1. The number of benzene rings is 2. The maximum Gasteiger partial charge on any atom is 0.387 e. The second-order valence-corrected chi connectivity index (χ2v) is 4.57. The summed E-state index contributed by atoms with van der Waals surface area (Å²) >= 11 is 0. The van der Waals surface area contributed by atoms with Gasteiger partial charge < -0.3 is 9.84 Å². The lowest BCUT2D eigenvalue weighted by atomic mass is 10.0. The number of halogens is 2. The Morgan fingerprint density at radius 2 is 1.40 bits per heavy atom. The highest BCUT2D eigenvalue weighted by Crippen LogP contribution is 2.16. The molecule has 0 aromatic heterocycles. The van der Waals surface area contributed by atoms with E-state index in [1.807, 2.05) is 30.3 Å². The average molecular weight is 278 g/mol. The Bertz CT molecular complexity index is 512. The van der Waals surface area contributed by atoms with Gasteiger partial charge in [-0.25, -0.2) is 0 Å².